The molecule has 0 aromatic heterocycles. The molecule has 1 aromatic rings. The van der Waals surface area contributed by atoms with Gasteiger partial charge in [0.2, 0.25) is 15.9 Å². The van der Waals surface area contributed by atoms with Crippen molar-refractivity contribution in [2.45, 2.75) is 77.2 Å². The van der Waals surface area contributed by atoms with E-state index >= 15 is 0 Å². The van der Waals surface area contributed by atoms with Crippen LogP contribution >= 0.6 is 0 Å². The molecule has 1 aliphatic heterocycles. The van der Waals surface area contributed by atoms with Crippen molar-refractivity contribution in [2.24, 2.45) is 11.8 Å². The number of carbonyl (C=O) groups is 1. The van der Waals surface area contributed by atoms with Crippen LogP contribution in [0.5, 0.6) is 0 Å². The highest BCUT2D eigenvalue weighted by Gasteiger charge is 2.34. The van der Waals surface area contributed by atoms with Crippen molar-refractivity contribution in [3.63, 3.8) is 0 Å². The molecule has 32 heavy (non-hydrogen) atoms. The summed E-state index contributed by atoms with van der Waals surface area (Å²) < 4.78 is 32.6. The van der Waals surface area contributed by atoms with Crippen molar-refractivity contribution in [3.8, 4) is 0 Å². The van der Waals surface area contributed by atoms with Crippen molar-refractivity contribution in [2.75, 3.05) is 29.9 Å². The van der Waals surface area contributed by atoms with Crippen LogP contribution in [0.2, 0.25) is 0 Å². The van der Waals surface area contributed by atoms with Gasteiger partial charge in [-0.05, 0) is 76.6 Å². The van der Waals surface area contributed by atoms with Crippen LogP contribution in [0, 0.1) is 11.8 Å². The number of hydrogen-bond donors (Lipinski definition) is 2. The molecule has 1 aromatic carbocycles. The first kappa shape index (κ1) is 25.0. The summed E-state index contributed by atoms with van der Waals surface area (Å²) in [6.07, 6.45) is 2.98. The minimum Gasteiger partial charge on any atom is -0.374 e. The highest BCUT2D eigenvalue weighted by atomic mass is 32.2. The quantitative estimate of drug-likeness (QED) is 0.668. The van der Waals surface area contributed by atoms with E-state index in [-0.39, 0.29) is 24.0 Å². The van der Waals surface area contributed by atoms with Crippen molar-refractivity contribution < 1.29 is 17.9 Å². The van der Waals surface area contributed by atoms with E-state index in [0.29, 0.717) is 31.6 Å². The Labute approximate surface area is 193 Å². The smallest absolute Gasteiger partial charge is 0.227 e. The largest absolute Gasteiger partial charge is 0.374 e. The van der Waals surface area contributed by atoms with E-state index in [1.165, 1.54) is 0 Å². The summed E-state index contributed by atoms with van der Waals surface area (Å²) in [5.74, 6) is 0.410. The number of nitrogens with zero attached hydrogens (tertiary/aromatic N) is 1. The summed E-state index contributed by atoms with van der Waals surface area (Å²) >= 11 is 0. The number of rotatable bonds is 6. The van der Waals surface area contributed by atoms with Gasteiger partial charge in [-0.25, -0.2) is 13.1 Å². The molecule has 1 aliphatic carbocycles. The molecule has 1 amide bonds. The normalized spacial score (nSPS) is 25.1. The lowest BCUT2D eigenvalue weighted by atomic mass is 9.86. The molecule has 8 heteroatoms. The highest BCUT2D eigenvalue weighted by molar-refractivity contribution is 7.90. The lowest BCUT2D eigenvalue weighted by Gasteiger charge is -2.36. The molecule has 1 saturated heterocycles. The third kappa shape index (κ3) is 6.23. The third-order valence-corrected chi connectivity index (χ3v) is 8.82. The molecule has 0 spiro atoms. The Morgan fingerprint density at radius 3 is 2.28 bits per heavy atom. The number of morpholine rings is 1. The van der Waals surface area contributed by atoms with Crippen LogP contribution in [0.1, 0.15) is 60.3 Å². The Bertz CT molecular complexity index is 870. The molecule has 1 atom stereocenters. The minimum atomic E-state index is -3.37. The van der Waals surface area contributed by atoms with Gasteiger partial charge in [-0.2, -0.15) is 0 Å². The Morgan fingerprint density at radius 2 is 1.72 bits per heavy atom. The first-order chi connectivity index (χ1) is 15.0. The summed E-state index contributed by atoms with van der Waals surface area (Å²) in [4.78, 5) is 15.1. The third-order valence-electron chi connectivity index (χ3n) is 6.56. The van der Waals surface area contributed by atoms with Gasteiger partial charge in [0.25, 0.3) is 0 Å². The van der Waals surface area contributed by atoms with Crippen LogP contribution in [-0.2, 0) is 19.6 Å². The van der Waals surface area contributed by atoms with E-state index < -0.39 is 14.8 Å². The van der Waals surface area contributed by atoms with Crippen LogP contribution in [-0.4, -0.2) is 50.9 Å². The van der Waals surface area contributed by atoms with Gasteiger partial charge < -0.3 is 15.0 Å². The highest BCUT2D eigenvalue weighted by Crippen LogP contribution is 2.28. The Morgan fingerprint density at radius 1 is 1.09 bits per heavy atom. The Kier molecular flexibility index (Phi) is 7.89. The number of anilines is 2. The first-order valence-corrected chi connectivity index (χ1v) is 13.2. The van der Waals surface area contributed by atoms with E-state index in [4.69, 9.17) is 4.74 Å². The molecule has 7 nitrogen and oxygen atoms in total. The fourth-order valence-electron chi connectivity index (χ4n) is 4.18. The maximum absolute atomic E-state index is 12.7. The first-order valence-electron chi connectivity index (χ1n) is 11.8. The summed E-state index contributed by atoms with van der Waals surface area (Å²) in [6, 6.07) is 7.92. The molecule has 0 unspecified atom stereocenters. The topological polar surface area (TPSA) is 87.7 Å². The molecule has 180 valence electrons. The summed E-state index contributed by atoms with van der Waals surface area (Å²) in [5, 5.41) is 3.04. The van der Waals surface area contributed by atoms with Crippen LogP contribution < -0.4 is 14.9 Å². The fourth-order valence-corrected chi connectivity index (χ4v) is 5.21. The van der Waals surface area contributed by atoms with Crippen LogP contribution in [0.25, 0.3) is 0 Å². The van der Waals surface area contributed by atoms with Gasteiger partial charge >= 0.3 is 0 Å². The number of hydrogen-bond acceptors (Lipinski definition) is 5. The molecule has 2 fully saturated rings. The molecule has 0 radical (unpaired) electrons. The zero-order chi connectivity index (χ0) is 23.5. The van der Waals surface area contributed by atoms with Gasteiger partial charge in [0, 0.05) is 36.4 Å². The maximum atomic E-state index is 12.7. The number of amides is 1. The number of benzene rings is 1. The van der Waals surface area contributed by atoms with E-state index in [1.54, 1.807) is 20.8 Å². The van der Waals surface area contributed by atoms with Crippen molar-refractivity contribution in [3.05, 3.63) is 24.3 Å². The lowest BCUT2D eigenvalue weighted by molar-refractivity contribution is -0.120. The molecule has 1 saturated carbocycles. The monoisotopic (exact) mass is 465 g/mol. The van der Waals surface area contributed by atoms with Crippen LogP contribution in [0.3, 0.4) is 0 Å². The summed E-state index contributed by atoms with van der Waals surface area (Å²) in [5.41, 5.74) is 1.94. The molecule has 2 N–H and O–H groups in total. The summed E-state index contributed by atoms with van der Waals surface area (Å²) in [7, 11) is -3.37. The number of carbonyl (C=O) groups excluding carboxylic acids is 1. The maximum Gasteiger partial charge on any atom is 0.227 e. The number of sulfonamides is 1. The van der Waals surface area contributed by atoms with Gasteiger partial charge in [-0.3, -0.25) is 4.79 Å². The number of ether oxygens (including phenoxy) is 1. The standard InChI is InChI=1S/C24H39N3O4S/c1-17(2)22-16-27(14-15-31-22)21-12-10-19(11-13-21)25-23(28)18-6-8-20(9-7-18)26-32(29,30)24(3,4)5/h10-13,17-18,20,22,26H,6-9,14-16H2,1-5H3,(H,25,28)/t18-,20-,22-/m0/s1. The second-order valence-electron chi connectivity index (χ2n) is 10.4. The van der Waals surface area contributed by atoms with Crippen LogP contribution in [0.15, 0.2) is 24.3 Å². The van der Waals surface area contributed by atoms with Gasteiger partial charge in [-0.15, -0.1) is 0 Å². The van der Waals surface area contributed by atoms with Gasteiger partial charge in [-0.1, -0.05) is 13.8 Å². The number of nitrogens with one attached hydrogen (secondary N) is 2. The van der Waals surface area contributed by atoms with Crippen molar-refractivity contribution in [1.82, 2.24) is 4.72 Å². The van der Waals surface area contributed by atoms with E-state index in [9.17, 15) is 13.2 Å². The zero-order valence-corrected chi connectivity index (χ0v) is 20.9. The molecular formula is C24H39N3O4S. The fraction of sp³-hybridized carbons (Fsp3) is 0.708. The predicted molar refractivity (Wildman–Crippen MR) is 129 cm³/mol. The Balaban J connectivity index is 1.49. The molecule has 1 heterocycles. The Hall–Kier alpha value is -1.64. The molecule has 3 rings (SSSR count). The van der Waals surface area contributed by atoms with Gasteiger partial charge in [0.05, 0.1) is 17.5 Å². The molecule has 2 aliphatic rings. The van der Waals surface area contributed by atoms with Gasteiger partial charge in [0.15, 0.2) is 0 Å². The SMILES string of the molecule is CC(C)[C@@H]1CN(c2ccc(NC(=O)[C@H]3CC[C@H](NS(=O)(=O)C(C)(C)C)CC3)cc2)CCO1. The van der Waals surface area contributed by atoms with E-state index in [0.717, 1.165) is 31.1 Å². The average Bonchev–Trinajstić information content (AvgIpc) is 2.74. The predicted octanol–water partition coefficient (Wildman–Crippen LogP) is 3.76. The van der Waals surface area contributed by atoms with Gasteiger partial charge in [0.1, 0.15) is 0 Å². The second kappa shape index (κ2) is 10.1. The zero-order valence-electron chi connectivity index (χ0n) is 20.1. The van der Waals surface area contributed by atoms with Crippen LogP contribution in [0.4, 0.5) is 11.4 Å². The summed E-state index contributed by atoms with van der Waals surface area (Å²) in [6.45, 7) is 11.9. The lowest BCUT2D eigenvalue weighted by Crippen LogP contribution is -2.46. The van der Waals surface area contributed by atoms with Crippen molar-refractivity contribution in [1.29, 1.82) is 0 Å². The molecule has 0 bridgehead atoms. The van der Waals surface area contributed by atoms with E-state index in [1.807, 2.05) is 12.1 Å². The minimum absolute atomic E-state index is 0.0149. The molecular weight excluding hydrogens is 426 g/mol. The average molecular weight is 466 g/mol. The van der Waals surface area contributed by atoms with Crippen molar-refractivity contribution >= 4 is 27.3 Å². The van der Waals surface area contributed by atoms with E-state index in [2.05, 4.69) is 40.9 Å². The second-order valence-corrected chi connectivity index (χ2v) is 12.9.